The molecule has 2 heterocycles. The van der Waals surface area contributed by atoms with Gasteiger partial charge in [0.25, 0.3) is 0 Å². The molecular weight excluding hydrogens is 272 g/mol. The first kappa shape index (κ1) is 14.8. The normalized spacial score (nSPS) is 18.9. The Morgan fingerprint density at radius 3 is 2.95 bits per heavy atom. The summed E-state index contributed by atoms with van der Waals surface area (Å²) in [4.78, 5) is 14.6. The Kier molecular flexibility index (Phi) is 4.63. The number of likely N-dealkylation sites (tertiary alicyclic amines) is 1. The molecule has 0 amide bonds. The number of nitrogens with zero attached hydrogens (tertiary/aromatic N) is 2. The minimum atomic E-state index is -0.00218. The van der Waals surface area contributed by atoms with Gasteiger partial charge in [-0.2, -0.15) is 5.26 Å². The Morgan fingerprint density at radius 2 is 2.40 bits per heavy atom. The third-order valence-corrected chi connectivity index (χ3v) is 4.88. The third kappa shape index (κ3) is 2.94. The van der Waals surface area contributed by atoms with E-state index in [0.717, 1.165) is 31.1 Å². The molecule has 0 aromatic carbocycles. The van der Waals surface area contributed by atoms with Crippen molar-refractivity contribution in [2.75, 3.05) is 37.7 Å². The number of nitrogen functional groups attached to an aromatic ring is 1. The second kappa shape index (κ2) is 6.25. The number of hydrogen-bond donors (Lipinski definition) is 2. The first-order valence-electron chi connectivity index (χ1n) is 6.84. The molecule has 1 saturated heterocycles. The number of ketones is 1. The molecule has 1 atom stereocenters. The van der Waals surface area contributed by atoms with Gasteiger partial charge < -0.3 is 16.0 Å². The maximum absolute atomic E-state index is 11.8. The van der Waals surface area contributed by atoms with E-state index in [0.29, 0.717) is 28.5 Å². The van der Waals surface area contributed by atoms with Crippen molar-refractivity contribution in [3.8, 4) is 6.07 Å². The van der Waals surface area contributed by atoms with Gasteiger partial charge in [-0.15, -0.1) is 11.3 Å². The van der Waals surface area contributed by atoms with Gasteiger partial charge in [0.2, 0.25) is 0 Å². The zero-order valence-corrected chi connectivity index (χ0v) is 12.7. The summed E-state index contributed by atoms with van der Waals surface area (Å²) >= 11 is 1.31. The smallest absolute Gasteiger partial charge is 0.174 e. The number of thiophene rings is 1. The van der Waals surface area contributed by atoms with E-state index in [4.69, 9.17) is 5.73 Å². The quantitative estimate of drug-likeness (QED) is 0.813. The number of Topliss-reactive ketones (excluding diaryl/α,β-unsaturated/α-hetero) is 1. The van der Waals surface area contributed by atoms with Gasteiger partial charge in [-0.3, -0.25) is 4.79 Å². The molecule has 1 unspecified atom stereocenters. The number of hydrogen-bond acceptors (Lipinski definition) is 6. The molecule has 1 aliphatic rings. The summed E-state index contributed by atoms with van der Waals surface area (Å²) in [6.07, 6.45) is 1.56. The molecule has 1 aromatic heterocycles. The maximum Gasteiger partial charge on any atom is 0.174 e. The lowest BCUT2D eigenvalue weighted by Crippen LogP contribution is -2.19. The van der Waals surface area contributed by atoms with Crippen LogP contribution in [0.2, 0.25) is 0 Å². The van der Waals surface area contributed by atoms with Gasteiger partial charge in [0, 0.05) is 19.5 Å². The van der Waals surface area contributed by atoms with Crippen molar-refractivity contribution in [3.63, 3.8) is 0 Å². The van der Waals surface area contributed by atoms with Gasteiger partial charge in [0.1, 0.15) is 16.6 Å². The summed E-state index contributed by atoms with van der Waals surface area (Å²) in [5.41, 5.74) is 6.66. The van der Waals surface area contributed by atoms with Crippen LogP contribution in [0.3, 0.4) is 0 Å². The van der Waals surface area contributed by atoms with E-state index in [-0.39, 0.29) is 5.78 Å². The summed E-state index contributed by atoms with van der Waals surface area (Å²) < 4.78 is 0. The van der Waals surface area contributed by atoms with Crippen LogP contribution in [-0.2, 0) is 0 Å². The van der Waals surface area contributed by atoms with E-state index in [1.165, 1.54) is 11.3 Å². The van der Waals surface area contributed by atoms with Crippen LogP contribution in [0.25, 0.3) is 0 Å². The lowest BCUT2D eigenvalue weighted by Gasteiger charge is -2.11. The molecule has 6 heteroatoms. The van der Waals surface area contributed by atoms with Crippen molar-refractivity contribution in [3.05, 3.63) is 10.4 Å². The van der Waals surface area contributed by atoms with Crippen LogP contribution in [0, 0.1) is 17.2 Å². The molecule has 1 aromatic rings. The summed E-state index contributed by atoms with van der Waals surface area (Å²) in [7, 11) is 2.11. The monoisotopic (exact) mass is 292 g/mol. The highest BCUT2D eigenvalue weighted by atomic mass is 32.1. The second-order valence-electron chi connectivity index (χ2n) is 5.24. The molecule has 0 bridgehead atoms. The topological polar surface area (TPSA) is 82.2 Å². The van der Waals surface area contributed by atoms with Crippen LogP contribution in [0.1, 0.15) is 35.0 Å². The van der Waals surface area contributed by atoms with E-state index < -0.39 is 0 Å². The highest BCUT2D eigenvalue weighted by molar-refractivity contribution is 7.19. The van der Waals surface area contributed by atoms with Crippen molar-refractivity contribution in [2.24, 2.45) is 5.92 Å². The van der Waals surface area contributed by atoms with Crippen LogP contribution in [0.5, 0.6) is 0 Å². The standard InChI is InChI=1S/C14H20N4OS/c1-3-11(19)13-12(16)10(6-15)14(20-13)17-7-9-4-5-18(2)8-9/h9,17H,3-5,7-8,16H2,1-2H3. The summed E-state index contributed by atoms with van der Waals surface area (Å²) in [5.74, 6) is 0.581. The van der Waals surface area contributed by atoms with Crippen LogP contribution in [0.15, 0.2) is 0 Å². The molecule has 5 nitrogen and oxygen atoms in total. The van der Waals surface area contributed by atoms with Crippen molar-refractivity contribution >= 4 is 27.8 Å². The molecule has 1 fully saturated rings. The van der Waals surface area contributed by atoms with Crippen LogP contribution >= 0.6 is 11.3 Å². The minimum absolute atomic E-state index is 0.00218. The lowest BCUT2D eigenvalue weighted by molar-refractivity contribution is 0.0993. The first-order chi connectivity index (χ1) is 9.56. The van der Waals surface area contributed by atoms with Gasteiger partial charge in [-0.25, -0.2) is 0 Å². The van der Waals surface area contributed by atoms with Crippen molar-refractivity contribution in [1.82, 2.24) is 4.90 Å². The van der Waals surface area contributed by atoms with Gasteiger partial charge in [-0.05, 0) is 25.9 Å². The third-order valence-electron chi connectivity index (χ3n) is 3.67. The van der Waals surface area contributed by atoms with Crippen molar-refractivity contribution < 1.29 is 4.79 Å². The number of carbonyl (C=O) groups excluding carboxylic acids is 1. The summed E-state index contributed by atoms with van der Waals surface area (Å²) in [6.45, 7) is 4.80. The van der Waals surface area contributed by atoms with Crippen LogP contribution < -0.4 is 11.1 Å². The molecule has 1 aliphatic heterocycles. The summed E-state index contributed by atoms with van der Waals surface area (Å²) in [5, 5.41) is 13.3. The fourth-order valence-electron chi connectivity index (χ4n) is 2.48. The zero-order valence-electron chi connectivity index (χ0n) is 11.9. The number of anilines is 2. The van der Waals surface area contributed by atoms with Crippen molar-refractivity contribution in [2.45, 2.75) is 19.8 Å². The van der Waals surface area contributed by atoms with Crippen molar-refractivity contribution in [1.29, 1.82) is 5.26 Å². The van der Waals surface area contributed by atoms with Gasteiger partial charge in [-0.1, -0.05) is 6.92 Å². The SMILES string of the molecule is CCC(=O)c1sc(NCC2CCN(C)C2)c(C#N)c1N. The average molecular weight is 292 g/mol. The number of carbonyl (C=O) groups is 1. The zero-order chi connectivity index (χ0) is 14.7. The Labute approximate surface area is 123 Å². The predicted molar refractivity (Wildman–Crippen MR) is 82.2 cm³/mol. The minimum Gasteiger partial charge on any atom is -0.396 e. The Bertz CT molecular complexity index is 546. The lowest BCUT2D eigenvalue weighted by atomic mass is 10.1. The van der Waals surface area contributed by atoms with Crippen LogP contribution in [-0.4, -0.2) is 37.4 Å². The van der Waals surface area contributed by atoms with E-state index in [2.05, 4.69) is 23.3 Å². The van der Waals surface area contributed by atoms with Gasteiger partial charge in [0.05, 0.1) is 10.6 Å². The van der Waals surface area contributed by atoms with E-state index in [9.17, 15) is 10.1 Å². The number of nitrogens with two attached hydrogens (primary N) is 1. The fraction of sp³-hybridized carbons (Fsp3) is 0.571. The fourth-order valence-corrected chi connectivity index (χ4v) is 3.56. The Morgan fingerprint density at radius 1 is 1.65 bits per heavy atom. The van der Waals surface area contributed by atoms with Crippen LogP contribution in [0.4, 0.5) is 10.7 Å². The molecule has 2 rings (SSSR count). The number of nitrogens with one attached hydrogen (secondary N) is 1. The molecule has 3 N–H and O–H groups in total. The Hall–Kier alpha value is -1.58. The van der Waals surface area contributed by atoms with Gasteiger partial charge >= 0.3 is 0 Å². The van der Waals surface area contributed by atoms with Gasteiger partial charge in [0.15, 0.2) is 5.78 Å². The molecule has 0 radical (unpaired) electrons. The number of nitriles is 1. The molecule has 0 saturated carbocycles. The first-order valence-corrected chi connectivity index (χ1v) is 7.66. The largest absolute Gasteiger partial charge is 0.396 e. The second-order valence-corrected chi connectivity index (χ2v) is 6.26. The molecule has 0 spiro atoms. The molecule has 108 valence electrons. The molecule has 20 heavy (non-hydrogen) atoms. The highest BCUT2D eigenvalue weighted by Crippen LogP contribution is 2.36. The highest BCUT2D eigenvalue weighted by Gasteiger charge is 2.22. The molecular formula is C14H20N4OS. The van der Waals surface area contributed by atoms with E-state index in [1.807, 2.05) is 0 Å². The summed E-state index contributed by atoms with van der Waals surface area (Å²) in [6, 6.07) is 2.11. The van der Waals surface area contributed by atoms with E-state index in [1.54, 1.807) is 6.92 Å². The molecule has 0 aliphatic carbocycles. The van der Waals surface area contributed by atoms with E-state index >= 15 is 0 Å². The number of rotatable bonds is 5. The predicted octanol–water partition coefficient (Wildman–Crippen LogP) is 2.16. The average Bonchev–Trinajstić information content (AvgIpc) is 2.99. The Balaban J connectivity index is 2.11. The maximum atomic E-state index is 11.8.